The molecule has 0 heterocycles. The van der Waals surface area contributed by atoms with E-state index in [1.54, 1.807) is 12.1 Å². The Labute approximate surface area is 108 Å². The zero-order valence-corrected chi connectivity index (χ0v) is 11.2. The normalized spacial score (nSPS) is 12.0. The third-order valence-electron chi connectivity index (χ3n) is 2.19. The molecule has 0 radical (unpaired) electrons. The van der Waals surface area contributed by atoms with Crippen molar-refractivity contribution >= 4 is 21.9 Å². The lowest BCUT2D eigenvalue weighted by Crippen LogP contribution is -2.21. The highest BCUT2D eigenvalue weighted by Gasteiger charge is 2.21. The van der Waals surface area contributed by atoms with Gasteiger partial charge in [0.05, 0.1) is 18.2 Å². The Bertz CT molecular complexity index is 422. The van der Waals surface area contributed by atoms with Crippen LogP contribution < -0.4 is 15.2 Å². The van der Waals surface area contributed by atoms with Crippen LogP contribution in [0.4, 0.5) is 0 Å². The molecule has 0 saturated carbocycles. The Hall–Kier alpha value is -1.27. The molecule has 1 atom stereocenters. The highest BCUT2D eigenvalue weighted by Crippen LogP contribution is 2.35. The first kappa shape index (κ1) is 13.8. The Kier molecular flexibility index (Phi) is 4.77. The van der Waals surface area contributed by atoms with Gasteiger partial charge in [0.15, 0.2) is 0 Å². The van der Waals surface area contributed by atoms with Crippen molar-refractivity contribution in [1.29, 1.82) is 0 Å². The lowest BCUT2D eigenvalue weighted by atomic mass is 10.1. The van der Waals surface area contributed by atoms with Crippen LogP contribution in [0.5, 0.6) is 11.5 Å². The van der Waals surface area contributed by atoms with Gasteiger partial charge in [0.2, 0.25) is 0 Å². The second-order valence-corrected chi connectivity index (χ2v) is 4.13. The highest BCUT2D eigenvalue weighted by atomic mass is 79.9. The smallest absolute Gasteiger partial charge is 0.325 e. The fraction of sp³-hybridized carbons (Fsp3) is 0.364. The maximum absolute atomic E-state index is 10.9. The fourth-order valence-corrected chi connectivity index (χ4v) is 1.89. The van der Waals surface area contributed by atoms with E-state index in [4.69, 9.17) is 20.3 Å². The number of methoxy groups -OCH3 is 1. The van der Waals surface area contributed by atoms with Crippen molar-refractivity contribution in [3.05, 3.63) is 22.2 Å². The van der Waals surface area contributed by atoms with E-state index in [2.05, 4.69) is 15.9 Å². The lowest BCUT2D eigenvalue weighted by Gasteiger charge is -2.15. The van der Waals surface area contributed by atoms with Gasteiger partial charge in [0.25, 0.3) is 0 Å². The molecular weight excluding hydrogens is 290 g/mol. The van der Waals surface area contributed by atoms with E-state index >= 15 is 0 Å². The van der Waals surface area contributed by atoms with Gasteiger partial charge < -0.3 is 20.3 Å². The van der Waals surface area contributed by atoms with Crippen molar-refractivity contribution in [3.63, 3.8) is 0 Å². The van der Waals surface area contributed by atoms with Crippen LogP contribution in [0, 0.1) is 0 Å². The van der Waals surface area contributed by atoms with Crippen molar-refractivity contribution in [1.82, 2.24) is 0 Å². The number of nitrogens with two attached hydrogens (primary N) is 1. The summed E-state index contributed by atoms with van der Waals surface area (Å²) in [5.74, 6) is -0.125. The van der Waals surface area contributed by atoms with Gasteiger partial charge >= 0.3 is 5.97 Å². The summed E-state index contributed by atoms with van der Waals surface area (Å²) in [7, 11) is 1.52. The van der Waals surface area contributed by atoms with Crippen molar-refractivity contribution in [2.75, 3.05) is 13.7 Å². The van der Waals surface area contributed by atoms with Crippen LogP contribution in [-0.4, -0.2) is 24.8 Å². The van der Waals surface area contributed by atoms with E-state index in [-0.39, 0.29) is 0 Å². The Balaban J connectivity index is 3.26. The van der Waals surface area contributed by atoms with Gasteiger partial charge in [-0.15, -0.1) is 0 Å². The van der Waals surface area contributed by atoms with Crippen LogP contribution in [-0.2, 0) is 4.79 Å². The summed E-state index contributed by atoms with van der Waals surface area (Å²) in [4.78, 5) is 10.9. The molecule has 5 nitrogen and oxygen atoms in total. The summed E-state index contributed by atoms with van der Waals surface area (Å²) in [6, 6.07) is 2.09. The summed E-state index contributed by atoms with van der Waals surface area (Å²) in [6.45, 7) is 2.23. The fourth-order valence-electron chi connectivity index (χ4n) is 1.36. The molecule has 1 aromatic rings. The number of carboxylic acid groups (broad SMARTS) is 1. The Morgan fingerprint density at radius 2 is 2.18 bits per heavy atom. The van der Waals surface area contributed by atoms with Gasteiger partial charge in [-0.2, -0.15) is 0 Å². The monoisotopic (exact) mass is 303 g/mol. The number of carboxylic acids is 1. The molecule has 0 spiro atoms. The van der Waals surface area contributed by atoms with Crippen LogP contribution in [0.2, 0.25) is 0 Å². The highest BCUT2D eigenvalue weighted by molar-refractivity contribution is 9.10. The molecule has 1 rings (SSSR count). The average Bonchev–Trinajstić information content (AvgIpc) is 2.30. The number of ether oxygens (including phenoxy) is 2. The molecule has 3 N–H and O–H groups in total. The van der Waals surface area contributed by atoms with Crippen LogP contribution in [0.15, 0.2) is 16.6 Å². The summed E-state index contributed by atoms with van der Waals surface area (Å²) >= 11 is 3.28. The van der Waals surface area contributed by atoms with Gasteiger partial charge in [0.1, 0.15) is 17.5 Å². The minimum absolute atomic E-state index is 0.409. The van der Waals surface area contributed by atoms with Gasteiger partial charge in [-0.1, -0.05) is 0 Å². The van der Waals surface area contributed by atoms with Gasteiger partial charge in [0, 0.05) is 11.6 Å². The SMILES string of the molecule is CCOc1cc(OC)c(Br)cc1C(N)C(=O)O. The third kappa shape index (κ3) is 3.10. The maximum Gasteiger partial charge on any atom is 0.325 e. The maximum atomic E-state index is 10.9. The zero-order chi connectivity index (χ0) is 13.0. The lowest BCUT2D eigenvalue weighted by molar-refractivity contribution is -0.138. The topological polar surface area (TPSA) is 81.8 Å². The van der Waals surface area contributed by atoms with Crippen LogP contribution in [0.1, 0.15) is 18.5 Å². The minimum Gasteiger partial charge on any atom is -0.495 e. The number of aliphatic carboxylic acids is 1. The molecule has 0 fully saturated rings. The molecule has 0 aliphatic rings. The second kappa shape index (κ2) is 5.88. The zero-order valence-electron chi connectivity index (χ0n) is 9.57. The first-order valence-electron chi connectivity index (χ1n) is 4.99. The number of hydrogen-bond acceptors (Lipinski definition) is 4. The van der Waals surface area contributed by atoms with Gasteiger partial charge in [-0.05, 0) is 28.9 Å². The predicted molar refractivity (Wildman–Crippen MR) is 66.4 cm³/mol. The Morgan fingerprint density at radius 1 is 1.53 bits per heavy atom. The third-order valence-corrected chi connectivity index (χ3v) is 2.80. The number of carbonyl (C=O) groups is 1. The van der Waals surface area contributed by atoms with E-state index in [1.165, 1.54) is 7.11 Å². The summed E-state index contributed by atoms with van der Waals surface area (Å²) in [5, 5.41) is 8.92. The number of hydrogen-bond donors (Lipinski definition) is 2. The predicted octanol–water partition coefficient (Wildman–Crippen LogP) is 1.94. The first-order valence-corrected chi connectivity index (χ1v) is 5.79. The largest absolute Gasteiger partial charge is 0.495 e. The molecular formula is C11H14BrNO4. The molecule has 1 unspecified atom stereocenters. The van der Waals surface area contributed by atoms with Crippen molar-refractivity contribution in [2.45, 2.75) is 13.0 Å². The van der Waals surface area contributed by atoms with Crippen LogP contribution in [0.3, 0.4) is 0 Å². The van der Waals surface area contributed by atoms with E-state index in [0.717, 1.165) is 0 Å². The summed E-state index contributed by atoms with van der Waals surface area (Å²) in [6.07, 6.45) is 0. The van der Waals surface area contributed by atoms with Crippen molar-refractivity contribution in [3.8, 4) is 11.5 Å². The van der Waals surface area contributed by atoms with Crippen LogP contribution in [0.25, 0.3) is 0 Å². The molecule has 0 aliphatic heterocycles. The molecule has 0 aliphatic carbocycles. The van der Waals surface area contributed by atoms with Gasteiger partial charge in [-0.25, -0.2) is 0 Å². The summed E-state index contributed by atoms with van der Waals surface area (Å²) in [5.41, 5.74) is 6.00. The molecule has 17 heavy (non-hydrogen) atoms. The summed E-state index contributed by atoms with van der Waals surface area (Å²) < 4.78 is 11.1. The number of halogens is 1. The molecule has 94 valence electrons. The quantitative estimate of drug-likeness (QED) is 0.869. The van der Waals surface area contributed by atoms with E-state index in [9.17, 15) is 4.79 Å². The van der Waals surface area contributed by atoms with Gasteiger partial charge in [-0.3, -0.25) is 4.79 Å². The first-order chi connectivity index (χ1) is 8.01. The van der Waals surface area contributed by atoms with E-state index < -0.39 is 12.0 Å². The van der Waals surface area contributed by atoms with Crippen molar-refractivity contribution in [2.24, 2.45) is 5.73 Å². The second-order valence-electron chi connectivity index (χ2n) is 3.27. The van der Waals surface area contributed by atoms with E-state index in [1.807, 2.05) is 6.92 Å². The number of rotatable bonds is 5. The standard InChI is InChI=1S/C11H14BrNO4/c1-3-17-8-5-9(16-2)7(12)4-6(8)10(13)11(14)15/h4-5,10H,3,13H2,1-2H3,(H,14,15). The average molecular weight is 304 g/mol. The molecule has 0 bridgehead atoms. The van der Waals surface area contributed by atoms with Crippen LogP contribution >= 0.6 is 15.9 Å². The van der Waals surface area contributed by atoms with E-state index in [0.29, 0.717) is 28.1 Å². The minimum atomic E-state index is -1.13. The molecule has 0 amide bonds. The Morgan fingerprint density at radius 3 is 2.65 bits per heavy atom. The molecule has 1 aromatic carbocycles. The van der Waals surface area contributed by atoms with Crippen molar-refractivity contribution < 1.29 is 19.4 Å². The molecule has 6 heteroatoms. The molecule has 0 saturated heterocycles. The molecule has 0 aromatic heterocycles. The number of benzene rings is 1.